The van der Waals surface area contributed by atoms with Crippen molar-refractivity contribution in [3.8, 4) is 5.75 Å². The summed E-state index contributed by atoms with van der Waals surface area (Å²) in [7, 11) is 0. The van der Waals surface area contributed by atoms with Gasteiger partial charge in [-0.1, -0.05) is 13.0 Å². The number of rotatable bonds is 9. The molecule has 9 heteroatoms. The molecule has 3 aromatic rings. The van der Waals surface area contributed by atoms with E-state index >= 15 is 0 Å². The average molecular weight is 447 g/mol. The highest BCUT2D eigenvalue weighted by Gasteiger charge is 2.39. The molecule has 0 unspecified atom stereocenters. The Morgan fingerprint density at radius 2 is 1.85 bits per heavy atom. The predicted octanol–water partition coefficient (Wildman–Crippen LogP) is 4.37. The number of carbonyl (C=O) groups is 2. The van der Waals surface area contributed by atoms with Crippen molar-refractivity contribution in [3.05, 3.63) is 94.1 Å². The number of nitrogens with zero attached hydrogens (tertiary/aromatic N) is 2. The second-order valence-electron chi connectivity index (χ2n) is 7.33. The standard InChI is InChI=1S/C24H21N3O6/c1-2-12-32-19-6-3-5-17(14-19)25-22-21(16-8-10-18(11-9-16)27(30)31)23(28)26(24(22)29)15-20-7-4-13-33-20/h3-11,13-14,25H,2,12,15H2,1H3. The molecule has 0 radical (unpaired) electrons. The van der Waals surface area contributed by atoms with E-state index in [4.69, 9.17) is 9.15 Å². The first-order valence-electron chi connectivity index (χ1n) is 10.4. The molecule has 0 atom stereocenters. The van der Waals surface area contributed by atoms with Gasteiger partial charge in [-0.05, 0) is 48.4 Å². The Bertz CT molecular complexity index is 1220. The first-order valence-corrected chi connectivity index (χ1v) is 10.4. The smallest absolute Gasteiger partial charge is 0.278 e. The summed E-state index contributed by atoms with van der Waals surface area (Å²) in [6.07, 6.45) is 2.31. The topological polar surface area (TPSA) is 115 Å². The molecule has 0 bridgehead atoms. The highest BCUT2D eigenvalue weighted by Crippen LogP contribution is 2.33. The third kappa shape index (κ3) is 4.62. The molecule has 0 fully saturated rings. The number of amides is 2. The van der Waals surface area contributed by atoms with Crippen LogP contribution in [0, 0.1) is 10.1 Å². The molecule has 0 saturated heterocycles. The molecule has 0 spiro atoms. The third-order valence-electron chi connectivity index (χ3n) is 5.01. The van der Waals surface area contributed by atoms with E-state index < -0.39 is 16.7 Å². The summed E-state index contributed by atoms with van der Waals surface area (Å²) in [5.41, 5.74) is 1.05. The molecule has 9 nitrogen and oxygen atoms in total. The molecule has 1 N–H and O–H groups in total. The van der Waals surface area contributed by atoms with E-state index in [2.05, 4.69) is 5.32 Å². The van der Waals surface area contributed by atoms with E-state index in [9.17, 15) is 19.7 Å². The second kappa shape index (κ2) is 9.39. The van der Waals surface area contributed by atoms with Gasteiger partial charge in [0.1, 0.15) is 17.2 Å². The van der Waals surface area contributed by atoms with Gasteiger partial charge in [-0.25, -0.2) is 0 Å². The van der Waals surface area contributed by atoms with Gasteiger partial charge in [0.05, 0.1) is 29.9 Å². The fourth-order valence-electron chi connectivity index (χ4n) is 3.44. The van der Waals surface area contributed by atoms with Gasteiger partial charge in [0.25, 0.3) is 17.5 Å². The maximum Gasteiger partial charge on any atom is 0.278 e. The van der Waals surface area contributed by atoms with Crippen LogP contribution in [0.1, 0.15) is 24.7 Å². The van der Waals surface area contributed by atoms with Crippen molar-refractivity contribution in [2.75, 3.05) is 11.9 Å². The van der Waals surface area contributed by atoms with E-state index in [-0.39, 0.29) is 23.5 Å². The number of anilines is 1. The van der Waals surface area contributed by atoms with Crippen LogP contribution in [0.2, 0.25) is 0 Å². The number of benzene rings is 2. The van der Waals surface area contributed by atoms with E-state index in [0.29, 0.717) is 29.4 Å². The zero-order chi connectivity index (χ0) is 23.4. The minimum absolute atomic E-state index is 0.0357. The largest absolute Gasteiger partial charge is 0.494 e. The second-order valence-corrected chi connectivity index (χ2v) is 7.33. The fourth-order valence-corrected chi connectivity index (χ4v) is 3.44. The molecule has 2 amide bonds. The number of furan rings is 1. The molecule has 1 aliphatic rings. The Balaban J connectivity index is 1.71. The van der Waals surface area contributed by atoms with Crippen LogP contribution >= 0.6 is 0 Å². The monoisotopic (exact) mass is 447 g/mol. The maximum absolute atomic E-state index is 13.3. The van der Waals surface area contributed by atoms with Crippen LogP contribution in [0.4, 0.5) is 11.4 Å². The molecule has 0 saturated carbocycles. The number of nitrogens with one attached hydrogen (secondary N) is 1. The van der Waals surface area contributed by atoms with Gasteiger partial charge in [-0.3, -0.25) is 24.6 Å². The molecule has 1 aliphatic heterocycles. The number of nitro benzene ring substituents is 1. The molecule has 4 rings (SSSR count). The summed E-state index contributed by atoms with van der Waals surface area (Å²) in [4.78, 5) is 38.1. The normalized spacial score (nSPS) is 13.5. The van der Waals surface area contributed by atoms with E-state index in [1.807, 2.05) is 6.92 Å². The van der Waals surface area contributed by atoms with Gasteiger partial charge in [0.2, 0.25) is 0 Å². The minimum Gasteiger partial charge on any atom is -0.494 e. The molecular weight excluding hydrogens is 426 g/mol. The van der Waals surface area contributed by atoms with Crippen LogP contribution in [0.5, 0.6) is 5.75 Å². The van der Waals surface area contributed by atoms with E-state index in [1.165, 1.54) is 30.5 Å². The van der Waals surface area contributed by atoms with Crippen molar-refractivity contribution in [1.82, 2.24) is 4.90 Å². The number of imide groups is 1. The van der Waals surface area contributed by atoms with Crippen molar-refractivity contribution in [1.29, 1.82) is 0 Å². The van der Waals surface area contributed by atoms with Crippen LogP contribution in [0.15, 0.2) is 77.0 Å². The van der Waals surface area contributed by atoms with E-state index in [0.717, 1.165) is 11.3 Å². The summed E-state index contributed by atoms with van der Waals surface area (Å²) < 4.78 is 11.0. The lowest BCUT2D eigenvalue weighted by molar-refractivity contribution is -0.384. The fraction of sp³-hybridized carbons (Fsp3) is 0.167. The summed E-state index contributed by atoms with van der Waals surface area (Å²) >= 11 is 0. The average Bonchev–Trinajstić information content (AvgIpc) is 3.41. The molecule has 0 aliphatic carbocycles. The maximum atomic E-state index is 13.3. The van der Waals surface area contributed by atoms with Gasteiger partial charge in [0.15, 0.2) is 0 Å². The molecule has 1 aromatic heterocycles. The SMILES string of the molecule is CCCOc1cccc(NC2=C(c3ccc([N+](=O)[O-])cc3)C(=O)N(Cc3ccco3)C2=O)c1. The lowest BCUT2D eigenvalue weighted by Crippen LogP contribution is -2.31. The number of hydrogen-bond donors (Lipinski definition) is 1. The quantitative estimate of drug-likeness (QED) is 0.294. The summed E-state index contributed by atoms with van der Waals surface area (Å²) in [5.74, 6) is 0.0373. The van der Waals surface area contributed by atoms with Gasteiger partial charge in [-0.15, -0.1) is 0 Å². The highest BCUT2D eigenvalue weighted by atomic mass is 16.6. The van der Waals surface area contributed by atoms with Gasteiger partial charge in [0, 0.05) is 23.9 Å². The van der Waals surface area contributed by atoms with E-state index in [1.54, 1.807) is 36.4 Å². The number of non-ortho nitro benzene ring substituents is 1. The Hall–Kier alpha value is -4.40. The van der Waals surface area contributed by atoms with Crippen molar-refractivity contribution in [2.45, 2.75) is 19.9 Å². The van der Waals surface area contributed by atoms with Crippen molar-refractivity contribution in [3.63, 3.8) is 0 Å². The Labute approximate surface area is 189 Å². The predicted molar refractivity (Wildman–Crippen MR) is 120 cm³/mol. The van der Waals surface area contributed by atoms with Crippen molar-refractivity contribution < 1.29 is 23.7 Å². The lowest BCUT2D eigenvalue weighted by Gasteiger charge is -2.14. The number of carbonyl (C=O) groups excluding carboxylic acids is 2. The molecular formula is C24H21N3O6. The number of ether oxygens (including phenoxy) is 1. The zero-order valence-electron chi connectivity index (χ0n) is 17.8. The van der Waals surface area contributed by atoms with Crippen LogP contribution in [0.3, 0.4) is 0 Å². The van der Waals surface area contributed by atoms with Gasteiger partial charge >= 0.3 is 0 Å². The van der Waals surface area contributed by atoms with Crippen LogP contribution in [-0.4, -0.2) is 28.2 Å². The van der Waals surface area contributed by atoms with Crippen molar-refractivity contribution in [2.24, 2.45) is 0 Å². The molecule has 168 valence electrons. The zero-order valence-corrected chi connectivity index (χ0v) is 17.8. The molecule has 2 aromatic carbocycles. The van der Waals surface area contributed by atoms with Crippen LogP contribution in [-0.2, 0) is 16.1 Å². The Kier molecular flexibility index (Phi) is 6.21. The first kappa shape index (κ1) is 21.8. The summed E-state index contributed by atoms with van der Waals surface area (Å²) in [6.45, 7) is 2.51. The minimum atomic E-state index is -0.524. The number of nitro groups is 1. The highest BCUT2D eigenvalue weighted by molar-refractivity contribution is 6.36. The van der Waals surface area contributed by atoms with Crippen LogP contribution < -0.4 is 10.1 Å². The summed E-state index contributed by atoms with van der Waals surface area (Å²) in [5, 5.41) is 14.1. The lowest BCUT2D eigenvalue weighted by atomic mass is 10.0. The number of hydrogen-bond acceptors (Lipinski definition) is 7. The molecule has 2 heterocycles. The van der Waals surface area contributed by atoms with Crippen molar-refractivity contribution >= 4 is 28.8 Å². The van der Waals surface area contributed by atoms with Gasteiger partial charge < -0.3 is 14.5 Å². The first-order chi connectivity index (χ1) is 16.0. The third-order valence-corrected chi connectivity index (χ3v) is 5.01. The Morgan fingerprint density at radius 1 is 1.06 bits per heavy atom. The molecule has 33 heavy (non-hydrogen) atoms. The Morgan fingerprint density at radius 3 is 2.52 bits per heavy atom. The van der Waals surface area contributed by atoms with Crippen LogP contribution in [0.25, 0.3) is 5.57 Å². The van der Waals surface area contributed by atoms with Gasteiger partial charge in [-0.2, -0.15) is 0 Å². The summed E-state index contributed by atoms with van der Waals surface area (Å²) in [6, 6.07) is 15.9.